The molecule has 2 atom stereocenters. The van der Waals surface area contributed by atoms with Gasteiger partial charge in [-0.2, -0.15) is 4.57 Å². The van der Waals surface area contributed by atoms with Crippen LogP contribution >= 0.6 is 0 Å². The number of para-hydroxylation sites is 1. The second-order valence-corrected chi connectivity index (χ2v) is 9.68. The van der Waals surface area contributed by atoms with Crippen LogP contribution < -0.4 is 4.57 Å². The Balaban J connectivity index is 1.46. The molecule has 3 aromatic heterocycles. The number of aliphatic imine (C=N–C) groups is 1. The molecule has 0 spiro atoms. The number of pyridine rings is 2. The summed E-state index contributed by atoms with van der Waals surface area (Å²) < 4.78 is 8.39. The van der Waals surface area contributed by atoms with Gasteiger partial charge in [-0.05, 0) is 49.3 Å². The number of furan rings is 1. The molecule has 0 amide bonds. The first kappa shape index (κ1) is 21.0. The number of hydrogen-bond acceptors (Lipinski definition) is 3. The van der Waals surface area contributed by atoms with E-state index >= 15 is 0 Å². The predicted octanol–water partition coefficient (Wildman–Crippen LogP) is 6.88. The average Bonchev–Trinajstić information content (AvgIpc) is 3.28. The maximum absolute atomic E-state index is 6.18. The van der Waals surface area contributed by atoms with Gasteiger partial charge in [-0.25, -0.2) is 4.98 Å². The normalized spacial score (nSPS) is 19.1. The molecule has 0 fully saturated rings. The summed E-state index contributed by atoms with van der Waals surface area (Å²) in [4.78, 5) is 10.3. The van der Waals surface area contributed by atoms with Crippen LogP contribution in [-0.2, 0) is 6.42 Å². The lowest BCUT2D eigenvalue weighted by molar-refractivity contribution is -0.571. The van der Waals surface area contributed by atoms with E-state index in [-0.39, 0.29) is 12.0 Å². The van der Waals surface area contributed by atoms with Crippen LogP contribution in [-0.4, -0.2) is 16.7 Å². The minimum Gasteiger partial charge on any atom is -0.438 e. The fraction of sp³-hybridized carbons (Fsp3) is 0.156. The van der Waals surface area contributed by atoms with E-state index < -0.39 is 0 Å². The standard InChI is InChI=1S/C32H26N3O/c1-3-27-22-11-5-4-10-21(22)23-15-16-28-26(19-25-24-12-6-7-14-31(24)36-32(25)34-28)30-13-8-9-17-35(30)20(2)18-29(23)33-27/h3-14,17,19,23,29H,1-2,15-16,18H2/q+1. The average molecular weight is 469 g/mol. The van der Waals surface area contributed by atoms with Crippen LogP contribution in [0.25, 0.3) is 39.0 Å². The number of nitrogens with zero attached hydrogens (tertiary/aromatic N) is 3. The molecule has 4 nitrogen and oxygen atoms in total. The summed E-state index contributed by atoms with van der Waals surface area (Å²) in [5.74, 6) is 0.272. The van der Waals surface area contributed by atoms with Gasteiger partial charge >= 0.3 is 0 Å². The number of allylic oxidation sites excluding steroid dienone is 1. The van der Waals surface area contributed by atoms with Gasteiger partial charge in [0.2, 0.25) is 11.4 Å². The molecule has 0 radical (unpaired) electrons. The summed E-state index contributed by atoms with van der Waals surface area (Å²) >= 11 is 0. The lowest BCUT2D eigenvalue weighted by atomic mass is 9.78. The van der Waals surface area contributed by atoms with E-state index in [0.717, 1.165) is 64.0 Å². The number of aromatic nitrogens is 2. The van der Waals surface area contributed by atoms with Crippen molar-refractivity contribution in [1.29, 1.82) is 0 Å². The van der Waals surface area contributed by atoms with Gasteiger partial charge in [-0.3, -0.25) is 4.99 Å². The minimum atomic E-state index is 0.0949. The lowest BCUT2D eigenvalue weighted by Crippen LogP contribution is -2.38. The van der Waals surface area contributed by atoms with Gasteiger partial charge in [0.05, 0.1) is 29.4 Å². The molecule has 5 aromatic rings. The maximum Gasteiger partial charge on any atom is 0.227 e. The topological polar surface area (TPSA) is 42.3 Å². The van der Waals surface area contributed by atoms with E-state index in [1.807, 2.05) is 24.3 Å². The van der Waals surface area contributed by atoms with Gasteiger partial charge < -0.3 is 4.42 Å². The summed E-state index contributed by atoms with van der Waals surface area (Å²) in [7, 11) is 0. The van der Waals surface area contributed by atoms with E-state index in [2.05, 4.69) is 78.5 Å². The Hall–Kier alpha value is -4.31. The highest BCUT2D eigenvalue weighted by molar-refractivity contribution is 6.10. The second kappa shape index (κ2) is 8.13. The van der Waals surface area contributed by atoms with Gasteiger partial charge in [0.15, 0.2) is 11.9 Å². The van der Waals surface area contributed by atoms with E-state index in [9.17, 15) is 0 Å². The van der Waals surface area contributed by atoms with E-state index in [1.165, 1.54) is 11.1 Å². The molecular weight excluding hydrogens is 442 g/mol. The number of rotatable bonds is 1. The van der Waals surface area contributed by atoms with Crippen molar-refractivity contribution in [2.24, 2.45) is 4.99 Å². The third-order valence-electron chi connectivity index (χ3n) is 7.66. The number of aryl methyl sites for hydroxylation is 1. The van der Waals surface area contributed by atoms with Crippen LogP contribution in [0, 0.1) is 0 Å². The molecule has 2 aromatic carbocycles. The first-order chi connectivity index (χ1) is 17.7. The van der Waals surface area contributed by atoms with Crippen molar-refractivity contribution in [1.82, 2.24) is 4.98 Å². The fourth-order valence-corrected chi connectivity index (χ4v) is 5.97. The molecule has 0 bridgehead atoms. The Morgan fingerprint density at radius 1 is 0.944 bits per heavy atom. The predicted molar refractivity (Wildman–Crippen MR) is 145 cm³/mol. The summed E-state index contributed by atoms with van der Waals surface area (Å²) in [5, 5.41) is 2.14. The second-order valence-electron chi connectivity index (χ2n) is 9.68. The van der Waals surface area contributed by atoms with Crippen molar-refractivity contribution in [2.45, 2.75) is 31.2 Å². The highest BCUT2D eigenvalue weighted by Crippen LogP contribution is 2.40. The first-order valence-corrected chi connectivity index (χ1v) is 12.5. The molecule has 0 aliphatic carbocycles. The van der Waals surface area contributed by atoms with Crippen molar-refractivity contribution in [2.75, 3.05) is 0 Å². The summed E-state index contributed by atoms with van der Waals surface area (Å²) in [6.45, 7) is 8.58. The lowest BCUT2D eigenvalue weighted by Gasteiger charge is -2.31. The van der Waals surface area contributed by atoms with Crippen molar-refractivity contribution in [3.63, 3.8) is 0 Å². The molecule has 0 saturated heterocycles. The zero-order valence-electron chi connectivity index (χ0n) is 20.0. The van der Waals surface area contributed by atoms with Gasteiger partial charge in [-0.15, -0.1) is 0 Å². The van der Waals surface area contributed by atoms with Crippen LogP contribution in [0.2, 0.25) is 0 Å². The van der Waals surface area contributed by atoms with Crippen LogP contribution in [0.5, 0.6) is 0 Å². The Morgan fingerprint density at radius 3 is 2.69 bits per heavy atom. The molecular formula is C32H26N3O+. The third kappa shape index (κ3) is 3.18. The Labute approximate surface area is 210 Å². The first-order valence-electron chi connectivity index (χ1n) is 12.5. The molecule has 0 saturated carbocycles. The third-order valence-corrected chi connectivity index (χ3v) is 7.66. The molecule has 36 heavy (non-hydrogen) atoms. The number of fused-ring (bicyclic) bond motifs is 9. The summed E-state index contributed by atoms with van der Waals surface area (Å²) in [5.41, 5.74) is 9.36. The molecule has 174 valence electrons. The van der Waals surface area contributed by atoms with Gasteiger partial charge in [0.1, 0.15) is 5.58 Å². The summed E-state index contributed by atoms with van der Waals surface area (Å²) in [6, 6.07) is 25.4. The van der Waals surface area contributed by atoms with Gasteiger partial charge in [-0.1, -0.05) is 49.0 Å². The molecule has 0 N–H and O–H groups in total. The van der Waals surface area contributed by atoms with Crippen molar-refractivity contribution >= 4 is 33.5 Å². The molecule has 2 unspecified atom stereocenters. The minimum absolute atomic E-state index is 0.0949. The maximum atomic E-state index is 6.18. The number of benzene rings is 2. The SMILES string of the molecule is C=CC1=NC2CC(=C)[n+]3ccccc3-c3cc4c(nc3CCC2c2ccccc21)oc1ccccc14. The van der Waals surface area contributed by atoms with Gasteiger partial charge in [0.25, 0.3) is 0 Å². The smallest absolute Gasteiger partial charge is 0.227 e. The van der Waals surface area contributed by atoms with E-state index in [4.69, 9.17) is 14.4 Å². The summed E-state index contributed by atoms with van der Waals surface area (Å²) in [6.07, 6.45) is 6.54. The zero-order valence-corrected chi connectivity index (χ0v) is 20.0. The van der Waals surface area contributed by atoms with Crippen LogP contribution in [0.15, 0.2) is 108 Å². The molecule has 4 heteroatoms. The van der Waals surface area contributed by atoms with Gasteiger partial charge in [0, 0.05) is 34.4 Å². The molecule has 7 rings (SSSR count). The van der Waals surface area contributed by atoms with E-state index in [1.54, 1.807) is 0 Å². The van der Waals surface area contributed by atoms with E-state index in [0.29, 0.717) is 5.71 Å². The Kier molecular flexibility index (Phi) is 4.74. The Morgan fingerprint density at radius 2 is 1.78 bits per heavy atom. The molecule has 2 aliphatic rings. The number of hydrogen-bond donors (Lipinski definition) is 0. The molecule has 2 aliphatic heterocycles. The van der Waals surface area contributed by atoms with Crippen LogP contribution in [0.3, 0.4) is 0 Å². The highest BCUT2D eigenvalue weighted by atomic mass is 16.3. The largest absolute Gasteiger partial charge is 0.438 e. The fourth-order valence-electron chi connectivity index (χ4n) is 5.97. The van der Waals surface area contributed by atoms with Crippen molar-refractivity contribution < 1.29 is 8.98 Å². The quantitative estimate of drug-likeness (QED) is 0.252. The van der Waals surface area contributed by atoms with Crippen molar-refractivity contribution in [3.05, 3.63) is 115 Å². The highest BCUT2D eigenvalue weighted by Gasteiger charge is 2.34. The monoisotopic (exact) mass is 468 g/mol. The van der Waals surface area contributed by atoms with Crippen LogP contribution in [0.1, 0.15) is 35.6 Å². The zero-order chi connectivity index (χ0) is 24.2. The molecule has 5 heterocycles. The van der Waals surface area contributed by atoms with Crippen LogP contribution in [0.4, 0.5) is 0 Å². The van der Waals surface area contributed by atoms with Crippen molar-refractivity contribution in [3.8, 4) is 11.3 Å². The Bertz CT molecular complexity index is 1720.